The minimum Gasteiger partial charge on any atom is -0.366 e. The van der Waals surface area contributed by atoms with E-state index in [1.54, 1.807) is 6.21 Å². The van der Waals surface area contributed by atoms with Gasteiger partial charge >= 0.3 is 0 Å². The second-order valence-corrected chi connectivity index (χ2v) is 3.58. The Balaban J connectivity index is 2.36. The van der Waals surface area contributed by atoms with Crippen LogP contribution in [0.2, 0.25) is 5.02 Å². The first-order valence-corrected chi connectivity index (χ1v) is 4.86. The number of benzene rings is 1. The number of aliphatic imine (C=N–C) groups is 1. The zero-order valence-corrected chi connectivity index (χ0v) is 8.62. The number of allylic oxidation sites excluding steroid dienone is 1. The van der Waals surface area contributed by atoms with Crippen molar-refractivity contribution >= 4 is 17.8 Å². The van der Waals surface area contributed by atoms with E-state index >= 15 is 0 Å². The van der Waals surface area contributed by atoms with E-state index in [2.05, 4.69) is 10.3 Å². The molecule has 72 valence electrons. The molecule has 0 aliphatic carbocycles. The molecule has 0 saturated carbocycles. The molecule has 0 radical (unpaired) electrons. The molecule has 1 N–H and O–H groups in total. The van der Waals surface area contributed by atoms with Crippen LogP contribution in [0.25, 0.3) is 0 Å². The largest absolute Gasteiger partial charge is 0.366 e. The molecule has 0 fully saturated rings. The smallest absolute Gasteiger partial charge is 0.145 e. The number of hydrogen-bond acceptors (Lipinski definition) is 2. The van der Waals surface area contributed by atoms with Crippen LogP contribution in [0.1, 0.15) is 17.3 Å². The SMILES string of the molecule is Cc1cccc(C2N=CC=CN2)c1Cl. The molecule has 3 heteroatoms. The Bertz CT molecular complexity index is 396. The standard InChI is InChI=1S/C11H11ClN2/c1-8-4-2-5-9(10(8)12)11-13-6-3-7-14-11/h2-7,11,13H,1H3. The van der Waals surface area contributed by atoms with Gasteiger partial charge in [-0.3, -0.25) is 4.99 Å². The number of nitrogens with zero attached hydrogens (tertiary/aromatic N) is 1. The Morgan fingerprint density at radius 2 is 2.29 bits per heavy atom. The van der Waals surface area contributed by atoms with E-state index in [4.69, 9.17) is 11.6 Å². The fourth-order valence-corrected chi connectivity index (χ4v) is 1.65. The van der Waals surface area contributed by atoms with E-state index < -0.39 is 0 Å². The van der Waals surface area contributed by atoms with Gasteiger partial charge in [-0.25, -0.2) is 0 Å². The average molecular weight is 207 g/mol. The lowest BCUT2D eigenvalue weighted by Gasteiger charge is -2.17. The summed E-state index contributed by atoms with van der Waals surface area (Å²) in [5.41, 5.74) is 2.10. The lowest BCUT2D eigenvalue weighted by Crippen LogP contribution is -2.16. The van der Waals surface area contributed by atoms with Gasteiger partial charge in [-0.1, -0.05) is 29.8 Å². The summed E-state index contributed by atoms with van der Waals surface area (Å²) in [5, 5.41) is 3.93. The third kappa shape index (κ3) is 1.66. The average Bonchev–Trinajstić information content (AvgIpc) is 2.23. The normalized spacial score (nSPS) is 19.4. The quantitative estimate of drug-likeness (QED) is 0.751. The van der Waals surface area contributed by atoms with Crippen molar-refractivity contribution in [1.82, 2.24) is 5.32 Å². The third-order valence-corrected chi connectivity index (χ3v) is 2.70. The first-order chi connectivity index (χ1) is 6.79. The molecule has 1 heterocycles. The van der Waals surface area contributed by atoms with Gasteiger partial charge in [0.1, 0.15) is 6.17 Å². The van der Waals surface area contributed by atoms with Crippen molar-refractivity contribution in [1.29, 1.82) is 0 Å². The molecule has 14 heavy (non-hydrogen) atoms. The molecular formula is C11H11ClN2. The summed E-state index contributed by atoms with van der Waals surface area (Å²) in [7, 11) is 0. The summed E-state index contributed by atoms with van der Waals surface area (Å²) in [6, 6.07) is 5.98. The number of halogens is 1. The Morgan fingerprint density at radius 1 is 1.43 bits per heavy atom. The molecule has 1 aliphatic heterocycles. The highest BCUT2D eigenvalue weighted by atomic mass is 35.5. The molecule has 2 nitrogen and oxygen atoms in total. The third-order valence-electron chi connectivity index (χ3n) is 2.19. The van der Waals surface area contributed by atoms with Crippen LogP contribution in [-0.2, 0) is 0 Å². The van der Waals surface area contributed by atoms with E-state index in [9.17, 15) is 0 Å². The fourth-order valence-electron chi connectivity index (χ4n) is 1.42. The Labute approximate surface area is 88.3 Å². The zero-order valence-electron chi connectivity index (χ0n) is 7.87. The lowest BCUT2D eigenvalue weighted by atomic mass is 10.1. The molecule has 1 aromatic carbocycles. The summed E-state index contributed by atoms with van der Waals surface area (Å²) in [5.74, 6) is 0. The van der Waals surface area contributed by atoms with E-state index in [0.717, 1.165) is 16.1 Å². The van der Waals surface area contributed by atoms with Crippen molar-refractivity contribution in [3.8, 4) is 0 Å². The highest BCUT2D eigenvalue weighted by molar-refractivity contribution is 6.32. The van der Waals surface area contributed by atoms with E-state index in [1.807, 2.05) is 37.4 Å². The molecule has 0 spiro atoms. The van der Waals surface area contributed by atoms with Crippen LogP contribution in [-0.4, -0.2) is 6.21 Å². The summed E-state index contributed by atoms with van der Waals surface area (Å²) < 4.78 is 0. The molecule has 1 unspecified atom stereocenters. The predicted octanol–water partition coefficient (Wildman–Crippen LogP) is 2.83. The van der Waals surface area contributed by atoms with Gasteiger partial charge in [-0.15, -0.1) is 0 Å². The van der Waals surface area contributed by atoms with E-state index in [-0.39, 0.29) is 6.17 Å². The van der Waals surface area contributed by atoms with Crippen LogP contribution in [0.5, 0.6) is 0 Å². The first kappa shape index (κ1) is 9.28. The van der Waals surface area contributed by atoms with E-state index in [1.165, 1.54) is 0 Å². The van der Waals surface area contributed by atoms with Gasteiger partial charge in [0.25, 0.3) is 0 Å². The van der Waals surface area contributed by atoms with Crippen molar-refractivity contribution < 1.29 is 0 Å². The molecule has 1 aromatic rings. The summed E-state index contributed by atoms with van der Waals surface area (Å²) in [6.07, 6.45) is 5.46. The molecule has 0 aromatic heterocycles. The Kier molecular flexibility index (Phi) is 2.55. The highest BCUT2D eigenvalue weighted by Gasteiger charge is 2.13. The fraction of sp³-hybridized carbons (Fsp3) is 0.182. The Hall–Kier alpha value is -1.28. The van der Waals surface area contributed by atoms with Crippen LogP contribution >= 0.6 is 11.6 Å². The molecule has 1 atom stereocenters. The van der Waals surface area contributed by atoms with Gasteiger partial charge in [-0.05, 0) is 24.8 Å². The molecule has 0 saturated heterocycles. The minimum absolute atomic E-state index is 0.0487. The van der Waals surface area contributed by atoms with Crippen LogP contribution in [0.15, 0.2) is 35.5 Å². The summed E-state index contributed by atoms with van der Waals surface area (Å²) in [6.45, 7) is 1.99. The van der Waals surface area contributed by atoms with Crippen molar-refractivity contribution in [2.45, 2.75) is 13.1 Å². The number of rotatable bonds is 1. The molecule has 1 aliphatic rings. The van der Waals surface area contributed by atoms with Crippen LogP contribution < -0.4 is 5.32 Å². The number of hydrogen-bond donors (Lipinski definition) is 1. The van der Waals surface area contributed by atoms with Gasteiger partial charge < -0.3 is 5.32 Å². The van der Waals surface area contributed by atoms with Crippen molar-refractivity contribution in [2.75, 3.05) is 0 Å². The summed E-state index contributed by atoms with van der Waals surface area (Å²) in [4.78, 5) is 4.29. The number of aryl methyl sites for hydroxylation is 1. The highest BCUT2D eigenvalue weighted by Crippen LogP contribution is 2.27. The maximum absolute atomic E-state index is 6.19. The van der Waals surface area contributed by atoms with Crippen LogP contribution in [0.3, 0.4) is 0 Å². The topological polar surface area (TPSA) is 24.4 Å². The second-order valence-electron chi connectivity index (χ2n) is 3.20. The van der Waals surface area contributed by atoms with Crippen molar-refractivity contribution in [2.24, 2.45) is 4.99 Å². The maximum atomic E-state index is 6.19. The second kappa shape index (κ2) is 3.84. The van der Waals surface area contributed by atoms with Crippen LogP contribution in [0, 0.1) is 6.92 Å². The van der Waals surface area contributed by atoms with Gasteiger partial charge in [0, 0.05) is 11.8 Å². The van der Waals surface area contributed by atoms with Crippen LogP contribution in [0.4, 0.5) is 0 Å². The van der Waals surface area contributed by atoms with Gasteiger partial charge in [0.15, 0.2) is 0 Å². The van der Waals surface area contributed by atoms with Crippen molar-refractivity contribution in [3.63, 3.8) is 0 Å². The molecule has 0 bridgehead atoms. The predicted molar refractivity (Wildman–Crippen MR) is 59.7 cm³/mol. The zero-order chi connectivity index (χ0) is 9.97. The summed E-state index contributed by atoms with van der Waals surface area (Å²) >= 11 is 6.19. The number of nitrogens with one attached hydrogen (secondary N) is 1. The molecule has 0 amide bonds. The Morgan fingerprint density at radius 3 is 3.00 bits per heavy atom. The lowest BCUT2D eigenvalue weighted by molar-refractivity contribution is 0.653. The first-order valence-electron chi connectivity index (χ1n) is 4.48. The molecular weight excluding hydrogens is 196 g/mol. The van der Waals surface area contributed by atoms with Crippen molar-refractivity contribution in [3.05, 3.63) is 46.6 Å². The van der Waals surface area contributed by atoms with Gasteiger partial charge in [0.05, 0.1) is 5.02 Å². The monoisotopic (exact) mass is 206 g/mol. The van der Waals surface area contributed by atoms with Gasteiger partial charge in [-0.2, -0.15) is 0 Å². The molecule has 2 rings (SSSR count). The van der Waals surface area contributed by atoms with Gasteiger partial charge in [0.2, 0.25) is 0 Å². The minimum atomic E-state index is -0.0487. The maximum Gasteiger partial charge on any atom is 0.145 e. The van der Waals surface area contributed by atoms with E-state index in [0.29, 0.717) is 0 Å².